The third-order valence-electron chi connectivity index (χ3n) is 3.31. The molecular formula is C16H14BrNO. The van der Waals surface area contributed by atoms with Crippen molar-refractivity contribution in [1.29, 1.82) is 0 Å². The smallest absolute Gasteiger partial charge is 0.134 e. The second kappa shape index (κ2) is 4.83. The summed E-state index contributed by atoms with van der Waals surface area (Å²) < 4.78 is 6.88. The molecule has 0 spiro atoms. The van der Waals surface area contributed by atoms with Crippen molar-refractivity contribution in [2.24, 2.45) is 5.73 Å². The van der Waals surface area contributed by atoms with Gasteiger partial charge in [-0.2, -0.15) is 0 Å². The van der Waals surface area contributed by atoms with Crippen LogP contribution >= 0.6 is 15.9 Å². The number of rotatable bonds is 2. The molecule has 2 N–H and O–H groups in total. The maximum Gasteiger partial charge on any atom is 0.134 e. The lowest BCUT2D eigenvalue weighted by atomic mass is 10.0. The first-order valence-corrected chi connectivity index (χ1v) is 6.94. The molecule has 0 aliphatic carbocycles. The average molecular weight is 316 g/mol. The van der Waals surface area contributed by atoms with Gasteiger partial charge in [-0.25, -0.2) is 0 Å². The maximum atomic E-state index is 6.28. The summed E-state index contributed by atoms with van der Waals surface area (Å²) in [6.07, 6.45) is 0. The zero-order valence-electron chi connectivity index (χ0n) is 10.6. The van der Waals surface area contributed by atoms with Crippen LogP contribution in [0, 0.1) is 6.92 Å². The van der Waals surface area contributed by atoms with Crippen LogP contribution in [0.2, 0.25) is 0 Å². The van der Waals surface area contributed by atoms with Crippen LogP contribution in [0.3, 0.4) is 0 Å². The van der Waals surface area contributed by atoms with Crippen LogP contribution in [-0.2, 0) is 0 Å². The van der Waals surface area contributed by atoms with Crippen molar-refractivity contribution in [1.82, 2.24) is 0 Å². The summed E-state index contributed by atoms with van der Waals surface area (Å²) in [7, 11) is 0. The summed E-state index contributed by atoms with van der Waals surface area (Å²) in [5, 5.41) is 1.08. The van der Waals surface area contributed by atoms with Crippen LogP contribution in [0.1, 0.15) is 22.9 Å². The number of halogens is 1. The molecule has 0 saturated carbocycles. The van der Waals surface area contributed by atoms with Gasteiger partial charge in [0.2, 0.25) is 0 Å². The second-order valence-corrected chi connectivity index (χ2v) is 5.53. The summed E-state index contributed by atoms with van der Waals surface area (Å²) in [5.74, 6) is 0.789. The molecule has 1 atom stereocenters. The molecule has 1 unspecified atom stereocenters. The van der Waals surface area contributed by atoms with Gasteiger partial charge in [-0.3, -0.25) is 0 Å². The number of hydrogen-bond donors (Lipinski definition) is 1. The van der Waals surface area contributed by atoms with E-state index >= 15 is 0 Å². The molecular weight excluding hydrogens is 302 g/mol. The molecule has 3 aromatic rings. The van der Waals surface area contributed by atoms with Gasteiger partial charge in [0.15, 0.2) is 0 Å². The van der Waals surface area contributed by atoms with Crippen molar-refractivity contribution < 1.29 is 4.42 Å². The van der Waals surface area contributed by atoms with E-state index in [2.05, 4.69) is 28.9 Å². The van der Waals surface area contributed by atoms with Crippen molar-refractivity contribution in [2.75, 3.05) is 0 Å². The Bertz CT molecular complexity index is 699. The molecule has 2 nitrogen and oxygen atoms in total. The Balaban J connectivity index is 2.02. The van der Waals surface area contributed by atoms with E-state index in [1.54, 1.807) is 0 Å². The minimum Gasteiger partial charge on any atom is -0.459 e. The van der Waals surface area contributed by atoms with Gasteiger partial charge in [0.05, 0.1) is 6.04 Å². The predicted molar refractivity (Wildman–Crippen MR) is 81.1 cm³/mol. The minimum absolute atomic E-state index is 0.246. The van der Waals surface area contributed by atoms with Crippen molar-refractivity contribution >= 4 is 26.9 Å². The number of benzene rings is 2. The van der Waals surface area contributed by atoms with Crippen LogP contribution < -0.4 is 5.73 Å². The first-order chi connectivity index (χ1) is 9.15. The molecule has 0 aliphatic heterocycles. The fraction of sp³-hybridized carbons (Fsp3) is 0.125. The summed E-state index contributed by atoms with van der Waals surface area (Å²) in [6.45, 7) is 2.06. The van der Waals surface area contributed by atoms with Crippen LogP contribution in [0.25, 0.3) is 11.0 Å². The maximum absolute atomic E-state index is 6.28. The highest BCUT2D eigenvalue weighted by Crippen LogP contribution is 2.28. The minimum atomic E-state index is -0.246. The zero-order valence-corrected chi connectivity index (χ0v) is 12.1. The number of hydrogen-bond acceptors (Lipinski definition) is 2. The van der Waals surface area contributed by atoms with Gasteiger partial charge in [-0.05, 0) is 36.2 Å². The van der Waals surface area contributed by atoms with Gasteiger partial charge in [-0.1, -0.05) is 46.3 Å². The van der Waals surface area contributed by atoms with E-state index in [4.69, 9.17) is 10.2 Å². The van der Waals surface area contributed by atoms with Crippen LogP contribution in [0.5, 0.6) is 0 Å². The number of furan rings is 1. The molecule has 0 saturated heterocycles. The highest BCUT2D eigenvalue weighted by atomic mass is 79.9. The lowest BCUT2D eigenvalue weighted by Crippen LogP contribution is -2.10. The highest BCUT2D eigenvalue weighted by Gasteiger charge is 2.14. The molecule has 0 radical (unpaired) electrons. The third-order valence-corrected chi connectivity index (χ3v) is 4.16. The Morgan fingerprint density at radius 3 is 2.63 bits per heavy atom. The monoisotopic (exact) mass is 315 g/mol. The lowest BCUT2D eigenvalue weighted by molar-refractivity contribution is 0.525. The summed E-state index contributed by atoms with van der Waals surface area (Å²) >= 11 is 3.54. The Morgan fingerprint density at radius 2 is 1.89 bits per heavy atom. The van der Waals surface area contributed by atoms with Gasteiger partial charge in [0.1, 0.15) is 11.3 Å². The topological polar surface area (TPSA) is 39.2 Å². The SMILES string of the molecule is Cc1ccc(C(N)c2cc3ccccc3o2)cc1Br. The number of aryl methyl sites for hydroxylation is 1. The fourth-order valence-electron chi connectivity index (χ4n) is 2.12. The average Bonchev–Trinajstić information content (AvgIpc) is 2.85. The molecule has 1 aromatic heterocycles. The fourth-order valence-corrected chi connectivity index (χ4v) is 2.52. The Kier molecular flexibility index (Phi) is 3.17. The molecule has 3 heteroatoms. The van der Waals surface area contributed by atoms with E-state index in [1.165, 1.54) is 5.56 Å². The van der Waals surface area contributed by atoms with E-state index in [0.29, 0.717) is 0 Å². The molecule has 0 amide bonds. The summed E-state index contributed by atoms with van der Waals surface area (Å²) in [4.78, 5) is 0. The van der Waals surface area contributed by atoms with Crippen LogP contribution in [-0.4, -0.2) is 0 Å². The molecule has 96 valence electrons. The number of fused-ring (bicyclic) bond motifs is 1. The molecule has 3 rings (SSSR count). The summed E-state index contributed by atoms with van der Waals surface area (Å²) in [6, 6.07) is 15.8. The quantitative estimate of drug-likeness (QED) is 0.753. The predicted octanol–water partition coefficient (Wildman–Crippen LogP) is 4.55. The first-order valence-electron chi connectivity index (χ1n) is 6.15. The Morgan fingerprint density at radius 1 is 1.11 bits per heavy atom. The van der Waals surface area contributed by atoms with Gasteiger partial charge < -0.3 is 10.2 Å². The van der Waals surface area contributed by atoms with Gasteiger partial charge in [-0.15, -0.1) is 0 Å². The van der Waals surface area contributed by atoms with Gasteiger partial charge in [0.25, 0.3) is 0 Å². The summed E-state index contributed by atoms with van der Waals surface area (Å²) in [5.41, 5.74) is 9.39. The molecule has 19 heavy (non-hydrogen) atoms. The largest absolute Gasteiger partial charge is 0.459 e. The third kappa shape index (κ3) is 2.31. The zero-order chi connectivity index (χ0) is 13.4. The Hall–Kier alpha value is -1.58. The highest BCUT2D eigenvalue weighted by molar-refractivity contribution is 9.10. The molecule has 0 bridgehead atoms. The van der Waals surface area contributed by atoms with E-state index < -0.39 is 0 Å². The van der Waals surface area contributed by atoms with E-state index in [1.807, 2.05) is 42.5 Å². The number of nitrogens with two attached hydrogens (primary N) is 1. The molecule has 0 aliphatic rings. The normalized spacial score (nSPS) is 12.8. The van der Waals surface area contributed by atoms with E-state index in [-0.39, 0.29) is 6.04 Å². The number of para-hydroxylation sites is 1. The van der Waals surface area contributed by atoms with Crippen molar-refractivity contribution in [2.45, 2.75) is 13.0 Å². The second-order valence-electron chi connectivity index (χ2n) is 4.67. The van der Waals surface area contributed by atoms with Gasteiger partial charge in [0, 0.05) is 9.86 Å². The first kappa shape index (κ1) is 12.5. The van der Waals surface area contributed by atoms with Crippen molar-refractivity contribution in [3.05, 3.63) is 69.9 Å². The van der Waals surface area contributed by atoms with Crippen LogP contribution in [0.15, 0.2) is 57.4 Å². The lowest BCUT2D eigenvalue weighted by Gasteiger charge is -2.10. The van der Waals surface area contributed by atoms with E-state index in [0.717, 1.165) is 26.8 Å². The van der Waals surface area contributed by atoms with Gasteiger partial charge >= 0.3 is 0 Å². The van der Waals surface area contributed by atoms with Crippen molar-refractivity contribution in [3.8, 4) is 0 Å². The molecule has 0 fully saturated rings. The molecule has 2 aromatic carbocycles. The Labute approximate surface area is 120 Å². The van der Waals surface area contributed by atoms with Crippen LogP contribution in [0.4, 0.5) is 0 Å². The molecule has 1 heterocycles. The standard InChI is InChI=1S/C16H14BrNO/c1-10-6-7-12(8-13(10)17)16(18)15-9-11-4-2-3-5-14(11)19-15/h2-9,16H,18H2,1H3. The van der Waals surface area contributed by atoms with E-state index in [9.17, 15) is 0 Å². The van der Waals surface area contributed by atoms with Crippen molar-refractivity contribution in [3.63, 3.8) is 0 Å².